The minimum Gasteiger partial charge on any atom is -0.338 e. The standard InChI is InChI=1S/C18H18F2N4O/c1-2-24-11-12(13-5-4-9-21-17(13)24)8-10-22-18(25)23-16-14(19)6-3-7-15(16)20/h3-7,9,11H,2,8,10H2,1H3,(H2,22,23,25). The maximum Gasteiger partial charge on any atom is 0.319 e. The SMILES string of the molecule is CCn1cc(CCNC(=O)Nc2c(F)cccc2F)c2cccnc21. The third-order valence-electron chi connectivity index (χ3n) is 3.94. The van der Waals surface area contributed by atoms with E-state index >= 15 is 0 Å². The molecule has 0 fully saturated rings. The number of para-hydroxylation sites is 1. The quantitative estimate of drug-likeness (QED) is 0.741. The molecule has 130 valence electrons. The highest BCUT2D eigenvalue weighted by molar-refractivity contribution is 5.89. The number of amides is 2. The number of anilines is 1. The van der Waals surface area contributed by atoms with E-state index < -0.39 is 23.4 Å². The van der Waals surface area contributed by atoms with Crippen LogP contribution in [0.15, 0.2) is 42.7 Å². The third-order valence-corrected chi connectivity index (χ3v) is 3.94. The monoisotopic (exact) mass is 344 g/mol. The van der Waals surface area contributed by atoms with Crippen LogP contribution in [0, 0.1) is 11.6 Å². The molecule has 3 aromatic rings. The molecule has 0 unspecified atom stereocenters. The van der Waals surface area contributed by atoms with Crippen molar-refractivity contribution in [2.75, 3.05) is 11.9 Å². The molecule has 0 aliphatic heterocycles. The van der Waals surface area contributed by atoms with Crippen molar-refractivity contribution in [3.05, 3.63) is 59.9 Å². The first-order valence-electron chi connectivity index (χ1n) is 8.01. The Labute approximate surface area is 143 Å². The van der Waals surface area contributed by atoms with Gasteiger partial charge >= 0.3 is 6.03 Å². The summed E-state index contributed by atoms with van der Waals surface area (Å²) < 4.78 is 29.1. The van der Waals surface area contributed by atoms with Crippen molar-refractivity contribution in [2.45, 2.75) is 19.9 Å². The molecule has 0 aliphatic carbocycles. The van der Waals surface area contributed by atoms with Gasteiger partial charge in [0.15, 0.2) is 0 Å². The summed E-state index contributed by atoms with van der Waals surface area (Å²) in [4.78, 5) is 16.2. The summed E-state index contributed by atoms with van der Waals surface area (Å²) in [5.74, 6) is -1.63. The van der Waals surface area contributed by atoms with Gasteiger partial charge in [0.25, 0.3) is 0 Å². The fourth-order valence-corrected chi connectivity index (χ4v) is 2.72. The van der Waals surface area contributed by atoms with E-state index in [1.54, 1.807) is 6.20 Å². The van der Waals surface area contributed by atoms with Crippen LogP contribution in [0.25, 0.3) is 11.0 Å². The summed E-state index contributed by atoms with van der Waals surface area (Å²) in [6.45, 7) is 3.17. The van der Waals surface area contributed by atoms with Crippen molar-refractivity contribution < 1.29 is 13.6 Å². The first-order valence-corrected chi connectivity index (χ1v) is 8.01. The second-order valence-electron chi connectivity index (χ2n) is 5.54. The highest BCUT2D eigenvalue weighted by atomic mass is 19.1. The van der Waals surface area contributed by atoms with Crippen LogP contribution in [-0.2, 0) is 13.0 Å². The molecule has 0 radical (unpaired) electrons. The molecule has 1 aromatic carbocycles. The molecule has 0 saturated heterocycles. The Morgan fingerprint density at radius 3 is 2.68 bits per heavy atom. The second kappa shape index (κ2) is 7.29. The van der Waals surface area contributed by atoms with Crippen LogP contribution in [0.2, 0.25) is 0 Å². The lowest BCUT2D eigenvalue weighted by Crippen LogP contribution is -2.31. The normalized spacial score (nSPS) is 10.8. The van der Waals surface area contributed by atoms with E-state index in [9.17, 15) is 13.6 Å². The maximum absolute atomic E-state index is 13.5. The van der Waals surface area contributed by atoms with E-state index in [1.807, 2.05) is 29.8 Å². The number of benzene rings is 1. The fourth-order valence-electron chi connectivity index (χ4n) is 2.72. The number of pyridine rings is 1. The Balaban J connectivity index is 1.62. The summed E-state index contributed by atoms with van der Waals surface area (Å²) in [5, 5.41) is 5.85. The summed E-state index contributed by atoms with van der Waals surface area (Å²) in [7, 11) is 0. The van der Waals surface area contributed by atoms with E-state index in [-0.39, 0.29) is 0 Å². The van der Waals surface area contributed by atoms with E-state index in [1.165, 1.54) is 6.07 Å². The number of hydrogen-bond donors (Lipinski definition) is 2. The lowest BCUT2D eigenvalue weighted by atomic mass is 10.1. The molecule has 2 heterocycles. The van der Waals surface area contributed by atoms with Crippen molar-refractivity contribution >= 4 is 22.8 Å². The molecule has 0 atom stereocenters. The van der Waals surface area contributed by atoms with Gasteiger partial charge in [-0.05, 0) is 43.2 Å². The predicted octanol–water partition coefficient (Wildman–Crippen LogP) is 3.70. The number of nitrogens with zero attached hydrogens (tertiary/aromatic N) is 2. The number of aromatic nitrogens is 2. The lowest BCUT2D eigenvalue weighted by molar-refractivity contribution is 0.252. The maximum atomic E-state index is 13.5. The Morgan fingerprint density at radius 1 is 1.20 bits per heavy atom. The van der Waals surface area contributed by atoms with Crippen molar-refractivity contribution in [2.24, 2.45) is 0 Å². The Hall–Kier alpha value is -2.96. The Morgan fingerprint density at radius 2 is 1.96 bits per heavy atom. The molecule has 2 amide bonds. The molecule has 2 aromatic heterocycles. The number of aryl methyl sites for hydroxylation is 1. The van der Waals surface area contributed by atoms with Gasteiger partial charge in [0, 0.05) is 30.9 Å². The second-order valence-corrected chi connectivity index (χ2v) is 5.54. The zero-order valence-corrected chi connectivity index (χ0v) is 13.7. The molecule has 7 heteroatoms. The summed E-state index contributed by atoms with van der Waals surface area (Å²) in [5.41, 5.74) is 1.51. The average molecular weight is 344 g/mol. The largest absolute Gasteiger partial charge is 0.338 e. The zero-order valence-electron chi connectivity index (χ0n) is 13.7. The smallest absolute Gasteiger partial charge is 0.319 e. The van der Waals surface area contributed by atoms with Gasteiger partial charge in [-0.3, -0.25) is 0 Å². The molecular formula is C18H18F2N4O. The van der Waals surface area contributed by atoms with Gasteiger partial charge < -0.3 is 15.2 Å². The molecule has 0 bridgehead atoms. The van der Waals surface area contributed by atoms with Crippen molar-refractivity contribution in [1.29, 1.82) is 0 Å². The summed E-state index contributed by atoms with van der Waals surface area (Å²) in [6.07, 6.45) is 4.34. The number of rotatable bonds is 5. The molecule has 0 saturated carbocycles. The van der Waals surface area contributed by atoms with Crippen molar-refractivity contribution in [3.8, 4) is 0 Å². The first-order chi connectivity index (χ1) is 12.1. The van der Waals surface area contributed by atoms with E-state index in [0.717, 1.165) is 35.3 Å². The molecule has 3 rings (SSSR count). The summed E-state index contributed by atoms with van der Waals surface area (Å²) >= 11 is 0. The van der Waals surface area contributed by atoms with Gasteiger partial charge in [-0.25, -0.2) is 18.6 Å². The van der Waals surface area contributed by atoms with Crippen molar-refractivity contribution in [3.63, 3.8) is 0 Å². The molecule has 25 heavy (non-hydrogen) atoms. The van der Waals surface area contributed by atoms with Crippen LogP contribution in [0.3, 0.4) is 0 Å². The molecule has 0 aliphatic rings. The third kappa shape index (κ3) is 3.60. The number of carbonyl (C=O) groups is 1. The number of urea groups is 1. The predicted molar refractivity (Wildman–Crippen MR) is 92.5 cm³/mol. The lowest BCUT2D eigenvalue weighted by Gasteiger charge is -2.09. The van der Waals surface area contributed by atoms with Crippen LogP contribution >= 0.6 is 0 Å². The van der Waals surface area contributed by atoms with Crippen molar-refractivity contribution in [1.82, 2.24) is 14.9 Å². The number of carbonyl (C=O) groups excluding carboxylic acids is 1. The molecule has 0 spiro atoms. The van der Waals surface area contributed by atoms with Gasteiger partial charge in [0.2, 0.25) is 0 Å². The molecular weight excluding hydrogens is 326 g/mol. The Kier molecular flexibility index (Phi) is 4.92. The first kappa shape index (κ1) is 16.9. The molecule has 2 N–H and O–H groups in total. The van der Waals surface area contributed by atoms with Crippen LogP contribution in [0.4, 0.5) is 19.3 Å². The van der Waals surface area contributed by atoms with Gasteiger partial charge in [0.05, 0.1) is 0 Å². The van der Waals surface area contributed by atoms with E-state index in [4.69, 9.17) is 0 Å². The van der Waals surface area contributed by atoms with Gasteiger partial charge in [-0.1, -0.05) is 6.07 Å². The highest BCUT2D eigenvalue weighted by Gasteiger charge is 2.12. The zero-order chi connectivity index (χ0) is 17.8. The number of halogens is 2. The van der Waals surface area contributed by atoms with Crippen LogP contribution in [-0.4, -0.2) is 22.1 Å². The number of fused-ring (bicyclic) bond motifs is 1. The average Bonchev–Trinajstić information content (AvgIpc) is 2.96. The highest BCUT2D eigenvalue weighted by Crippen LogP contribution is 2.20. The van der Waals surface area contributed by atoms with Crippen LogP contribution in [0.5, 0.6) is 0 Å². The number of nitrogens with one attached hydrogen (secondary N) is 2. The summed E-state index contributed by atoms with van der Waals surface area (Å²) in [6, 6.07) is 6.62. The van der Waals surface area contributed by atoms with E-state index in [0.29, 0.717) is 13.0 Å². The van der Waals surface area contributed by atoms with Gasteiger partial charge in [-0.15, -0.1) is 0 Å². The molecule has 5 nitrogen and oxygen atoms in total. The minimum absolute atomic E-state index is 0.333. The van der Waals surface area contributed by atoms with Gasteiger partial charge in [-0.2, -0.15) is 0 Å². The van der Waals surface area contributed by atoms with Crippen LogP contribution < -0.4 is 10.6 Å². The minimum atomic E-state index is -0.813. The fraction of sp³-hybridized carbons (Fsp3) is 0.222. The Bertz CT molecular complexity index is 887. The van der Waals surface area contributed by atoms with E-state index in [2.05, 4.69) is 15.6 Å². The number of hydrogen-bond acceptors (Lipinski definition) is 2. The van der Waals surface area contributed by atoms with Crippen LogP contribution in [0.1, 0.15) is 12.5 Å². The topological polar surface area (TPSA) is 59.0 Å². The van der Waals surface area contributed by atoms with Gasteiger partial charge in [0.1, 0.15) is 23.0 Å².